The van der Waals surface area contributed by atoms with Crippen molar-refractivity contribution in [2.45, 2.75) is 31.7 Å². The Kier molecular flexibility index (Phi) is 6.17. The lowest BCUT2D eigenvalue weighted by Gasteiger charge is -2.26. The molecule has 2 rings (SSSR count). The Hall–Kier alpha value is -0.0600. The first kappa shape index (κ1) is 15.3. The third-order valence-electron chi connectivity index (χ3n) is 3.77. The Labute approximate surface area is 127 Å². The molecule has 1 unspecified atom stereocenters. The van der Waals surface area contributed by atoms with Crippen LogP contribution < -0.4 is 5.32 Å². The van der Waals surface area contributed by atoms with Gasteiger partial charge in [-0.25, -0.2) is 4.39 Å². The van der Waals surface area contributed by atoms with Crippen molar-refractivity contribution in [1.82, 2.24) is 5.32 Å². The van der Waals surface area contributed by atoms with Crippen molar-refractivity contribution in [3.05, 3.63) is 34.1 Å². The summed E-state index contributed by atoms with van der Waals surface area (Å²) in [7, 11) is 2.01. The SMILES string of the molecule is CNC(Cc1cc(F)cc(Br)c1)CC1CCSCC1. The number of benzene rings is 1. The van der Waals surface area contributed by atoms with E-state index in [0.29, 0.717) is 6.04 Å². The molecule has 0 spiro atoms. The minimum Gasteiger partial charge on any atom is -0.317 e. The first-order chi connectivity index (χ1) is 9.17. The molecule has 0 bridgehead atoms. The van der Waals surface area contributed by atoms with Crippen molar-refractivity contribution in [2.75, 3.05) is 18.6 Å². The van der Waals surface area contributed by atoms with Crippen LogP contribution >= 0.6 is 27.7 Å². The van der Waals surface area contributed by atoms with Gasteiger partial charge in [-0.05, 0) is 73.9 Å². The minimum absolute atomic E-state index is 0.159. The van der Waals surface area contributed by atoms with Crippen LogP contribution in [-0.4, -0.2) is 24.6 Å². The fraction of sp³-hybridized carbons (Fsp3) is 0.600. The lowest BCUT2D eigenvalue weighted by molar-refractivity contribution is 0.376. The third-order valence-corrected chi connectivity index (χ3v) is 5.28. The predicted molar refractivity (Wildman–Crippen MR) is 85.3 cm³/mol. The van der Waals surface area contributed by atoms with Crippen LogP contribution in [0.2, 0.25) is 0 Å². The van der Waals surface area contributed by atoms with Crippen LogP contribution in [0, 0.1) is 11.7 Å². The van der Waals surface area contributed by atoms with Crippen LogP contribution in [0.1, 0.15) is 24.8 Å². The maximum Gasteiger partial charge on any atom is 0.124 e. The molecule has 1 aromatic carbocycles. The average Bonchev–Trinajstić information content (AvgIpc) is 2.38. The van der Waals surface area contributed by atoms with E-state index >= 15 is 0 Å². The summed E-state index contributed by atoms with van der Waals surface area (Å²) in [6.07, 6.45) is 4.76. The van der Waals surface area contributed by atoms with E-state index in [1.165, 1.54) is 36.8 Å². The first-order valence-corrected chi connectivity index (χ1v) is 8.82. The Balaban J connectivity index is 1.93. The minimum atomic E-state index is -0.159. The number of likely N-dealkylation sites (N-methyl/N-ethyl adjacent to an activating group) is 1. The van der Waals surface area contributed by atoms with Gasteiger partial charge in [0.1, 0.15) is 5.82 Å². The van der Waals surface area contributed by atoms with Crippen molar-refractivity contribution in [2.24, 2.45) is 5.92 Å². The lowest BCUT2D eigenvalue weighted by atomic mass is 9.91. The fourth-order valence-electron chi connectivity index (χ4n) is 2.70. The third kappa shape index (κ3) is 5.09. The van der Waals surface area contributed by atoms with Crippen LogP contribution in [0.15, 0.2) is 22.7 Å². The highest BCUT2D eigenvalue weighted by molar-refractivity contribution is 9.10. The molecule has 1 atom stereocenters. The van der Waals surface area contributed by atoms with E-state index in [4.69, 9.17) is 0 Å². The summed E-state index contributed by atoms with van der Waals surface area (Å²) in [6.45, 7) is 0. The summed E-state index contributed by atoms with van der Waals surface area (Å²) in [5, 5.41) is 3.39. The van der Waals surface area contributed by atoms with Crippen LogP contribution in [0.5, 0.6) is 0 Å². The summed E-state index contributed by atoms with van der Waals surface area (Å²) in [5.41, 5.74) is 1.07. The normalized spacial score (nSPS) is 18.5. The molecule has 0 amide bonds. The maximum atomic E-state index is 13.4. The number of rotatable bonds is 5. The van der Waals surface area contributed by atoms with Crippen LogP contribution in [-0.2, 0) is 6.42 Å². The molecule has 4 heteroatoms. The molecule has 1 aliphatic heterocycles. The van der Waals surface area contributed by atoms with Crippen molar-refractivity contribution in [3.8, 4) is 0 Å². The van der Waals surface area contributed by atoms with E-state index in [1.807, 2.05) is 13.1 Å². The van der Waals surface area contributed by atoms with Crippen LogP contribution in [0.3, 0.4) is 0 Å². The van der Waals surface area contributed by atoms with Crippen molar-refractivity contribution in [3.63, 3.8) is 0 Å². The highest BCUT2D eigenvalue weighted by Gasteiger charge is 2.18. The summed E-state index contributed by atoms with van der Waals surface area (Å²) >= 11 is 5.43. The van der Waals surface area contributed by atoms with Gasteiger partial charge in [0.2, 0.25) is 0 Å². The highest BCUT2D eigenvalue weighted by atomic mass is 79.9. The van der Waals surface area contributed by atoms with Gasteiger partial charge in [0.15, 0.2) is 0 Å². The Morgan fingerprint density at radius 3 is 2.74 bits per heavy atom. The van der Waals surface area contributed by atoms with E-state index < -0.39 is 0 Å². The second-order valence-corrected chi connectivity index (χ2v) is 7.40. The molecule has 1 fully saturated rings. The molecule has 0 aromatic heterocycles. The molecule has 106 valence electrons. The Morgan fingerprint density at radius 2 is 2.11 bits per heavy atom. The van der Waals surface area contributed by atoms with Gasteiger partial charge in [-0.1, -0.05) is 15.9 Å². The van der Waals surface area contributed by atoms with Crippen molar-refractivity contribution >= 4 is 27.7 Å². The summed E-state index contributed by atoms with van der Waals surface area (Å²) < 4.78 is 14.2. The molecule has 19 heavy (non-hydrogen) atoms. The highest BCUT2D eigenvalue weighted by Crippen LogP contribution is 2.27. The summed E-state index contributed by atoms with van der Waals surface area (Å²) in [5.74, 6) is 3.27. The largest absolute Gasteiger partial charge is 0.317 e. The average molecular weight is 346 g/mol. The molecular weight excluding hydrogens is 325 g/mol. The quantitative estimate of drug-likeness (QED) is 0.855. The molecule has 0 radical (unpaired) electrons. The van der Waals surface area contributed by atoms with E-state index in [2.05, 4.69) is 33.0 Å². The lowest BCUT2D eigenvalue weighted by Crippen LogP contribution is -2.31. The zero-order valence-corrected chi connectivity index (χ0v) is 13.7. The topological polar surface area (TPSA) is 12.0 Å². The molecule has 1 N–H and O–H groups in total. The standard InChI is InChI=1S/C15H21BrFNS/c1-18-15(8-11-2-4-19-5-3-11)9-12-6-13(16)10-14(17)7-12/h6-7,10-11,15,18H,2-5,8-9H2,1H3. The Morgan fingerprint density at radius 1 is 1.37 bits per heavy atom. The molecule has 0 aliphatic carbocycles. The van der Waals surface area contributed by atoms with Gasteiger partial charge in [0.05, 0.1) is 0 Å². The van der Waals surface area contributed by atoms with Gasteiger partial charge >= 0.3 is 0 Å². The van der Waals surface area contributed by atoms with E-state index in [9.17, 15) is 4.39 Å². The van der Waals surface area contributed by atoms with Gasteiger partial charge in [-0.3, -0.25) is 0 Å². The number of halogens is 2. The van der Waals surface area contributed by atoms with Crippen molar-refractivity contribution in [1.29, 1.82) is 0 Å². The van der Waals surface area contributed by atoms with Gasteiger partial charge in [-0.2, -0.15) is 11.8 Å². The second kappa shape index (κ2) is 7.65. The van der Waals surface area contributed by atoms with Crippen molar-refractivity contribution < 1.29 is 4.39 Å². The molecule has 1 saturated heterocycles. The molecule has 0 saturated carbocycles. The molecule has 1 aliphatic rings. The van der Waals surface area contributed by atoms with Gasteiger partial charge in [-0.15, -0.1) is 0 Å². The Bertz CT molecular complexity index is 387. The summed E-state index contributed by atoms with van der Waals surface area (Å²) in [4.78, 5) is 0. The molecule has 1 aromatic rings. The molecule has 1 nitrogen and oxygen atoms in total. The fourth-order valence-corrected chi connectivity index (χ4v) is 4.42. The second-order valence-electron chi connectivity index (χ2n) is 5.26. The predicted octanol–water partition coefficient (Wildman–Crippen LogP) is 4.25. The molecular formula is C15H21BrFNS. The van der Waals surface area contributed by atoms with E-state index in [1.54, 1.807) is 6.07 Å². The number of hydrogen-bond donors (Lipinski definition) is 1. The number of nitrogens with one attached hydrogen (secondary N) is 1. The number of hydrogen-bond acceptors (Lipinski definition) is 2. The zero-order chi connectivity index (χ0) is 13.7. The van der Waals surface area contributed by atoms with Crippen LogP contribution in [0.4, 0.5) is 4.39 Å². The number of thioether (sulfide) groups is 1. The van der Waals surface area contributed by atoms with E-state index in [0.717, 1.165) is 22.4 Å². The first-order valence-electron chi connectivity index (χ1n) is 6.87. The molecule has 1 heterocycles. The monoisotopic (exact) mass is 345 g/mol. The van der Waals surface area contributed by atoms with E-state index in [-0.39, 0.29) is 5.82 Å². The van der Waals surface area contributed by atoms with Gasteiger partial charge in [0.25, 0.3) is 0 Å². The summed E-state index contributed by atoms with van der Waals surface area (Å²) in [6, 6.07) is 5.62. The van der Waals surface area contributed by atoms with Crippen LogP contribution in [0.25, 0.3) is 0 Å². The van der Waals surface area contributed by atoms with Gasteiger partial charge < -0.3 is 5.32 Å². The maximum absolute atomic E-state index is 13.4. The van der Waals surface area contributed by atoms with Gasteiger partial charge in [0, 0.05) is 10.5 Å². The smallest absolute Gasteiger partial charge is 0.124 e. The zero-order valence-electron chi connectivity index (χ0n) is 11.3.